The summed E-state index contributed by atoms with van der Waals surface area (Å²) in [6.07, 6.45) is 2.32. The molecule has 82 valence electrons. The van der Waals surface area contributed by atoms with Crippen molar-refractivity contribution in [2.45, 2.75) is 12.8 Å². The number of nitrogen functional groups attached to an aromatic ring is 1. The lowest BCUT2D eigenvalue weighted by Crippen LogP contribution is -2.22. The molecule has 0 saturated carbocycles. The highest BCUT2D eigenvalue weighted by atomic mass is 16.5. The van der Waals surface area contributed by atoms with E-state index >= 15 is 0 Å². The Bertz CT molecular complexity index is 308. The van der Waals surface area contributed by atoms with Crippen molar-refractivity contribution >= 4 is 11.4 Å². The highest BCUT2D eigenvalue weighted by Gasteiger charge is 2.12. The first kappa shape index (κ1) is 10.3. The molecule has 1 aliphatic heterocycles. The van der Waals surface area contributed by atoms with Gasteiger partial charge in [0, 0.05) is 31.1 Å². The second kappa shape index (κ2) is 5.03. The maximum atomic E-state index is 5.71. The van der Waals surface area contributed by atoms with E-state index in [1.807, 2.05) is 18.2 Å². The van der Waals surface area contributed by atoms with Gasteiger partial charge in [-0.2, -0.15) is 0 Å². The molecule has 2 rings (SSSR count). The minimum atomic E-state index is 0.736. The zero-order chi connectivity index (χ0) is 10.5. The van der Waals surface area contributed by atoms with Gasteiger partial charge >= 0.3 is 0 Å². The Hall–Kier alpha value is -1.22. The number of nitrogens with one attached hydrogen (secondary N) is 1. The van der Waals surface area contributed by atoms with E-state index in [1.54, 1.807) is 0 Å². The van der Waals surface area contributed by atoms with Crippen molar-refractivity contribution in [1.82, 2.24) is 0 Å². The highest BCUT2D eigenvalue weighted by molar-refractivity contribution is 5.53. The van der Waals surface area contributed by atoms with Gasteiger partial charge in [-0.05, 0) is 37.0 Å². The van der Waals surface area contributed by atoms with Gasteiger partial charge in [0.05, 0.1) is 0 Å². The van der Waals surface area contributed by atoms with Crippen molar-refractivity contribution < 1.29 is 4.74 Å². The number of hydrogen-bond donors (Lipinski definition) is 2. The summed E-state index contributed by atoms with van der Waals surface area (Å²) in [5, 5.41) is 3.42. The molecule has 15 heavy (non-hydrogen) atoms. The zero-order valence-electron chi connectivity index (χ0n) is 8.91. The normalized spacial score (nSPS) is 17.6. The van der Waals surface area contributed by atoms with E-state index in [0.717, 1.165) is 49.9 Å². The Kier molecular flexibility index (Phi) is 3.45. The molecule has 3 heteroatoms. The van der Waals surface area contributed by atoms with Crippen LogP contribution >= 0.6 is 0 Å². The fourth-order valence-electron chi connectivity index (χ4n) is 1.86. The molecule has 1 aliphatic rings. The van der Waals surface area contributed by atoms with Crippen molar-refractivity contribution in [3.05, 3.63) is 24.3 Å². The van der Waals surface area contributed by atoms with E-state index in [1.165, 1.54) is 0 Å². The van der Waals surface area contributed by atoms with E-state index < -0.39 is 0 Å². The highest BCUT2D eigenvalue weighted by Crippen LogP contribution is 2.17. The van der Waals surface area contributed by atoms with Gasteiger partial charge in [-0.25, -0.2) is 0 Å². The molecule has 0 radical (unpaired) electrons. The van der Waals surface area contributed by atoms with Crippen LogP contribution in [0, 0.1) is 5.92 Å². The maximum absolute atomic E-state index is 5.71. The molecule has 0 unspecified atom stereocenters. The van der Waals surface area contributed by atoms with Gasteiger partial charge in [0.25, 0.3) is 0 Å². The second-order valence-electron chi connectivity index (χ2n) is 4.06. The third-order valence-electron chi connectivity index (χ3n) is 2.82. The number of nitrogens with two attached hydrogens (primary N) is 1. The third kappa shape index (κ3) is 3.13. The zero-order valence-corrected chi connectivity index (χ0v) is 8.91. The quantitative estimate of drug-likeness (QED) is 0.745. The SMILES string of the molecule is Nc1cccc(NCC2CCOCC2)c1. The Labute approximate surface area is 90.6 Å². The predicted molar refractivity (Wildman–Crippen MR) is 62.9 cm³/mol. The number of rotatable bonds is 3. The summed E-state index contributed by atoms with van der Waals surface area (Å²) in [7, 11) is 0. The fourth-order valence-corrected chi connectivity index (χ4v) is 1.86. The number of anilines is 2. The average molecular weight is 206 g/mol. The van der Waals surface area contributed by atoms with E-state index in [4.69, 9.17) is 10.5 Å². The average Bonchev–Trinajstić information content (AvgIpc) is 2.28. The van der Waals surface area contributed by atoms with Gasteiger partial charge in [0.1, 0.15) is 0 Å². The summed E-state index contributed by atoms with van der Waals surface area (Å²) in [5.41, 5.74) is 7.63. The van der Waals surface area contributed by atoms with Gasteiger partial charge in [-0.15, -0.1) is 0 Å². The topological polar surface area (TPSA) is 47.3 Å². The minimum absolute atomic E-state index is 0.736. The van der Waals surface area contributed by atoms with Crippen LogP contribution in [0.2, 0.25) is 0 Å². The van der Waals surface area contributed by atoms with Crippen molar-refractivity contribution in [2.75, 3.05) is 30.8 Å². The molecule has 3 nitrogen and oxygen atoms in total. The summed E-state index contributed by atoms with van der Waals surface area (Å²) < 4.78 is 5.32. The Morgan fingerprint density at radius 2 is 2.13 bits per heavy atom. The Morgan fingerprint density at radius 3 is 2.87 bits per heavy atom. The molecule has 0 bridgehead atoms. The lowest BCUT2D eigenvalue weighted by atomic mass is 10.0. The van der Waals surface area contributed by atoms with Gasteiger partial charge in [-0.1, -0.05) is 6.07 Å². The van der Waals surface area contributed by atoms with Crippen LogP contribution < -0.4 is 11.1 Å². The monoisotopic (exact) mass is 206 g/mol. The maximum Gasteiger partial charge on any atom is 0.0469 e. The summed E-state index contributed by atoms with van der Waals surface area (Å²) >= 11 is 0. The van der Waals surface area contributed by atoms with Crippen LogP contribution in [0.3, 0.4) is 0 Å². The van der Waals surface area contributed by atoms with Crippen molar-refractivity contribution in [3.8, 4) is 0 Å². The molecule has 1 heterocycles. The van der Waals surface area contributed by atoms with Gasteiger partial charge in [0.2, 0.25) is 0 Å². The molecule has 0 aliphatic carbocycles. The van der Waals surface area contributed by atoms with Crippen molar-refractivity contribution in [3.63, 3.8) is 0 Å². The molecular weight excluding hydrogens is 188 g/mol. The smallest absolute Gasteiger partial charge is 0.0469 e. The molecule has 1 saturated heterocycles. The third-order valence-corrected chi connectivity index (χ3v) is 2.82. The molecule has 0 atom stereocenters. The molecule has 1 aromatic carbocycles. The molecule has 0 aromatic heterocycles. The lowest BCUT2D eigenvalue weighted by Gasteiger charge is -2.22. The van der Waals surface area contributed by atoms with Crippen LogP contribution in [-0.2, 0) is 4.74 Å². The minimum Gasteiger partial charge on any atom is -0.399 e. The number of benzene rings is 1. The predicted octanol–water partition coefficient (Wildman–Crippen LogP) is 2.11. The van der Waals surface area contributed by atoms with Gasteiger partial charge in [0.15, 0.2) is 0 Å². The number of ether oxygens (including phenoxy) is 1. The number of hydrogen-bond acceptors (Lipinski definition) is 3. The van der Waals surface area contributed by atoms with E-state index in [9.17, 15) is 0 Å². The first-order valence-electron chi connectivity index (χ1n) is 5.52. The van der Waals surface area contributed by atoms with E-state index in [0.29, 0.717) is 0 Å². The molecule has 0 amide bonds. The van der Waals surface area contributed by atoms with Crippen LogP contribution in [0.5, 0.6) is 0 Å². The lowest BCUT2D eigenvalue weighted by molar-refractivity contribution is 0.0699. The summed E-state index contributed by atoms with van der Waals surface area (Å²) in [6.45, 7) is 2.83. The van der Waals surface area contributed by atoms with Crippen LogP contribution in [0.1, 0.15) is 12.8 Å². The summed E-state index contributed by atoms with van der Waals surface area (Å²) in [6, 6.07) is 7.90. The van der Waals surface area contributed by atoms with Gasteiger partial charge < -0.3 is 15.8 Å². The molecule has 0 spiro atoms. The van der Waals surface area contributed by atoms with Crippen LogP contribution in [0.15, 0.2) is 24.3 Å². The second-order valence-corrected chi connectivity index (χ2v) is 4.06. The molecule has 1 aromatic rings. The van der Waals surface area contributed by atoms with Crippen molar-refractivity contribution in [1.29, 1.82) is 0 Å². The Morgan fingerprint density at radius 1 is 1.33 bits per heavy atom. The summed E-state index contributed by atoms with van der Waals surface area (Å²) in [5.74, 6) is 0.736. The van der Waals surface area contributed by atoms with E-state index in [2.05, 4.69) is 11.4 Å². The standard InChI is InChI=1S/C12H18N2O/c13-11-2-1-3-12(8-11)14-9-10-4-6-15-7-5-10/h1-3,8,10,14H,4-7,9,13H2. The van der Waals surface area contributed by atoms with E-state index in [-0.39, 0.29) is 0 Å². The molecule has 1 fully saturated rings. The molecular formula is C12H18N2O. The van der Waals surface area contributed by atoms with Crippen molar-refractivity contribution in [2.24, 2.45) is 5.92 Å². The largest absolute Gasteiger partial charge is 0.399 e. The summed E-state index contributed by atoms with van der Waals surface area (Å²) in [4.78, 5) is 0. The molecule has 3 N–H and O–H groups in total. The van der Waals surface area contributed by atoms with Crippen LogP contribution in [-0.4, -0.2) is 19.8 Å². The first-order valence-corrected chi connectivity index (χ1v) is 5.52. The Balaban J connectivity index is 1.81. The van der Waals surface area contributed by atoms with Crippen LogP contribution in [0.4, 0.5) is 11.4 Å². The van der Waals surface area contributed by atoms with Gasteiger partial charge in [-0.3, -0.25) is 0 Å². The fraction of sp³-hybridized carbons (Fsp3) is 0.500. The van der Waals surface area contributed by atoms with Crippen LogP contribution in [0.25, 0.3) is 0 Å². The first-order chi connectivity index (χ1) is 7.34.